The second kappa shape index (κ2) is 28.2. The number of amides is 2. The van der Waals surface area contributed by atoms with Gasteiger partial charge in [-0.1, -0.05) is 71.6 Å². The molecule has 17 atom stereocenters. The van der Waals surface area contributed by atoms with Crippen molar-refractivity contribution in [3.63, 3.8) is 0 Å². The van der Waals surface area contributed by atoms with Gasteiger partial charge in [-0.3, -0.25) is 9.59 Å². The van der Waals surface area contributed by atoms with Crippen molar-refractivity contribution in [1.82, 2.24) is 16.0 Å². The maximum atomic E-state index is 13.6. The molecule has 16 N–H and O–H groups in total. The number of hydrogen-bond donors (Lipinski definition) is 15. The number of nitrogens with one attached hydrogen (secondary N) is 3. The normalized spacial score (nSPS) is 33.5. The predicted molar refractivity (Wildman–Crippen MR) is 239 cm³/mol. The molecule has 70 heavy (non-hydrogen) atoms. The second-order valence-corrected chi connectivity index (χ2v) is 18.3. The highest BCUT2D eigenvalue weighted by Crippen LogP contribution is 2.39. The predicted octanol–water partition coefficient (Wildman–Crippen LogP) is -4.07. The van der Waals surface area contributed by atoms with Gasteiger partial charge in [-0.2, -0.15) is 0 Å². The Morgan fingerprint density at radius 3 is 1.67 bits per heavy atom. The molecule has 0 saturated carbocycles. The topological polar surface area (TPSA) is 425 Å². The number of carboxylic acid groups (broad SMARTS) is 2. The van der Waals surface area contributed by atoms with Crippen molar-refractivity contribution >= 4 is 29.7 Å². The molecular formula is C44H78N4O22. The Morgan fingerprint density at radius 1 is 0.686 bits per heavy atom. The van der Waals surface area contributed by atoms with E-state index in [-0.39, 0.29) is 13.0 Å². The van der Waals surface area contributed by atoms with Crippen LogP contribution in [0.5, 0.6) is 0 Å². The molecule has 3 aliphatic rings. The molecule has 3 saturated heterocycles. The summed E-state index contributed by atoms with van der Waals surface area (Å²) in [6, 6.07) is -4.82. The summed E-state index contributed by atoms with van der Waals surface area (Å²) in [5.74, 6) is -16.3. The molecule has 0 radical (unpaired) electrons. The zero-order valence-electron chi connectivity index (χ0n) is 40.3. The van der Waals surface area contributed by atoms with E-state index in [1.165, 1.54) is 39.0 Å². The maximum absolute atomic E-state index is 13.6. The van der Waals surface area contributed by atoms with Gasteiger partial charge >= 0.3 is 17.9 Å². The number of ether oxygens (including phenoxy) is 6. The summed E-state index contributed by atoms with van der Waals surface area (Å²) >= 11 is 0. The summed E-state index contributed by atoms with van der Waals surface area (Å²) in [5.41, 5.74) is 6.26. The Kier molecular flexibility index (Phi) is 24.6. The van der Waals surface area contributed by atoms with Crippen molar-refractivity contribution < 1.29 is 109 Å². The number of rotatable bonds is 30. The van der Waals surface area contributed by atoms with Crippen LogP contribution in [0.25, 0.3) is 0 Å². The summed E-state index contributed by atoms with van der Waals surface area (Å²) in [4.78, 5) is 63.6. The quantitative estimate of drug-likeness (QED) is 0.0240. The van der Waals surface area contributed by atoms with E-state index in [2.05, 4.69) is 22.9 Å². The molecule has 3 aliphatic heterocycles. The number of aliphatic hydroxyl groups excluding tert-OH is 8. The minimum atomic E-state index is -3.26. The fourth-order valence-corrected chi connectivity index (χ4v) is 8.95. The van der Waals surface area contributed by atoms with Gasteiger partial charge in [0.25, 0.3) is 17.4 Å². The average Bonchev–Trinajstić information content (AvgIpc) is 3.31. The Hall–Kier alpha value is -3.29. The zero-order chi connectivity index (χ0) is 52.6. The second-order valence-electron chi connectivity index (χ2n) is 18.3. The lowest BCUT2D eigenvalue weighted by Crippen LogP contribution is -2.71. The van der Waals surface area contributed by atoms with Gasteiger partial charge in [0, 0.05) is 39.2 Å². The number of carbonyl (C=O) groups is 5. The molecule has 2 amide bonds. The number of hydrogen-bond acceptors (Lipinski definition) is 22. The molecule has 26 heteroatoms. The maximum Gasteiger partial charge on any atom is 0.366 e. The third-order valence-electron chi connectivity index (χ3n) is 12.9. The molecule has 3 heterocycles. The highest BCUT2D eigenvalue weighted by Gasteiger charge is 2.61. The van der Waals surface area contributed by atoms with Gasteiger partial charge in [0.2, 0.25) is 11.8 Å². The number of aliphatic carboxylic acids is 2. The van der Waals surface area contributed by atoms with E-state index in [0.29, 0.717) is 6.54 Å². The lowest BCUT2D eigenvalue weighted by molar-refractivity contribution is -0.354. The largest absolute Gasteiger partial charge is 0.477 e. The molecular weight excluding hydrogens is 936 g/mol. The van der Waals surface area contributed by atoms with E-state index >= 15 is 0 Å². The van der Waals surface area contributed by atoms with E-state index in [9.17, 15) is 80.1 Å². The van der Waals surface area contributed by atoms with Gasteiger partial charge in [-0.05, 0) is 13.0 Å². The van der Waals surface area contributed by atoms with Gasteiger partial charge in [-0.15, -0.1) is 0 Å². The van der Waals surface area contributed by atoms with Crippen LogP contribution in [-0.2, 0) is 52.4 Å². The first-order chi connectivity index (χ1) is 33.0. The third kappa shape index (κ3) is 15.9. The van der Waals surface area contributed by atoms with Crippen LogP contribution in [0.4, 0.5) is 0 Å². The number of methoxy groups -OCH3 is 1. The van der Waals surface area contributed by atoms with E-state index in [1.54, 1.807) is 0 Å². The zero-order valence-corrected chi connectivity index (χ0v) is 40.3. The minimum Gasteiger partial charge on any atom is -0.477 e. The molecule has 3 rings (SSSR count). The van der Waals surface area contributed by atoms with Gasteiger partial charge in [-0.25, -0.2) is 14.4 Å². The number of esters is 1. The summed E-state index contributed by atoms with van der Waals surface area (Å²) in [5, 5.41) is 128. The fraction of sp³-hybridized carbons (Fsp3) is 0.886. The standard InChI is InChI=1S/C44H78N4O22/c1-5-7-8-9-10-11-12-13-14-15-16-46-20-27(55)36-31(45)24(52)18-44(69-36,41(63)65-4)67-29(22-50)35(58)38-33(48-30(56)6-2)26(54)19-43(70-38,40(61)62)66-28(21-49)34(57)37-32(47-23(3)51)25(53)17-42(64,68-37)39(59)60/h24-29,31-38,46,49-50,52-55,57-58,64H,5-22,45H2,1-4H3,(H,47,51)(H,48,56)(H,59,60)(H,61,62). The van der Waals surface area contributed by atoms with Crippen molar-refractivity contribution in [3.8, 4) is 0 Å². The first-order valence-electron chi connectivity index (χ1n) is 24.0. The van der Waals surface area contributed by atoms with E-state index in [0.717, 1.165) is 46.1 Å². The van der Waals surface area contributed by atoms with Gasteiger partial charge in [0.05, 0.1) is 62.9 Å². The molecule has 0 aliphatic carbocycles. The highest BCUT2D eigenvalue weighted by molar-refractivity contribution is 5.79. The lowest BCUT2D eigenvalue weighted by atomic mass is 9.87. The molecule has 0 aromatic heterocycles. The summed E-state index contributed by atoms with van der Waals surface area (Å²) in [7, 11) is 0.919. The first-order valence-corrected chi connectivity index (χ1v) is 24.0. The van der Waals surface area contributed by atoms with Crippen molar-refractivity contribution in [2.75, 3.05) is 33.4 Å². The van der Waals surface area contributed by atoms with Gasteiger partial charge < -0.3 is 106 Å². The number of carboxylic acids is 2. The van der Waals surface area contributed by atoms with E-state index in [1.807, 2.05) is 0 Å². The summed E-state index contributed by atoms with van der Waals surface area (Å²) in [6.45, 7) is 2.32. The van der Waals surface area contributed by atoms with Crippen molar-refractivity contribution in [2.24, 2.45) is 5.73 Å². The van der Waals surface area contributed by atoms with Crippen molar-refractivity contribution in [1.29, 1.82) is 0 Å². The third-order valence-corrected chi connectivity index (χ3v) is 12.9. The van der Waals surface area contributed by atoms with Gasteiger partial charge in [0.1, 0.15) is 42.7 Å². The van der Waals surface area contributed by atoms with Crippen LogP contribution < -0.4 is 21.7 Å². The number of unbranched alkanes of at least 4 members (excludes halogenated alkanes) is 9. The number of carbonyl (C=O) groups excluding carboxylic acids is 3. The summed E-state index contributed by atoms with van der Waals surface area (Å²) in [6.07, 6.45) is -14.4. The van der Waals surface area contributed by atoms with Crippen molar-refractivity contribution in [3.05, 3.63) is 0 Å². The first kappa shape index (κ1) is 61.0. The Morgan fingerprint density at radius 2 is 1.17 bits per heavy atom. The van der Waals surface area contributed by atoms with Crippen LogP contribution in [0.3, 0.4) is 0 Å². The van der Waals surface area contributed by atoms with Gasteiger partial charge in [0.15, 0.2) is 0 Å². The fourth-order valence-electron chi connectivity index (χ4n) is 8.95. The van der Waals surface area contributed by atoms with E-state index in [4.69, 9.17) is 34.2 Å². The highest BCUT2D eigenvalue weighted by atomic mass is 16.8. The van der Waals surface area contributed by atoms with Crippen LogP contribution in [0, 0.1) is 0 Å². The Balaban J connectivity index is 1.91. The number of nitrogens with two attached hydrogens (primary N) is 1. The van der Waals surface area contributed by atoms with Crippen LogP contribution >= 0.6 is 0 Å². The molecule has 0 aromatic rings. The summed E-state index contributed by atoms with van der Waals surface area (Å²) < 4.78 is 33.6. The SMILES string of the molecule is CCCCCCCCCCCCNCC(O)C1OC(OC(CO)C(O)C2OC(OC(CO)C(O)C3OC(O)(C(=O)O)CC(O)C3NC(C)=O)(C(=O)O)CC(O)C2NC(=O)CC)(C(=O)OC)CC(O)C1N. The Bertz CT molecular complexity index is 1670. The van der Waals surface area contributed by atoms with Crippen LogP contribution in [0.2, 0.25) is 0 Å². The average molecular weight is 1020 g/mol. The molecule has 0 spiro atoms. The van der Waals surface area contributed by atoms with E-state index < -0.39 is 165 Å². The molecule has 3 fully saturated rings. The molecule has 0 aromatic carbocycles. The lowest BCUT2D eigenvalue weighted by Gasteiger charge is -2.50. The Labute approximate surface area is 406 Å². The van der Waals surface area contributed by atoms with Crippen molar-refractivity contribution in [2.45, 2.75) is 213 Å². The monoisotopic (exact) mass is 1010 g/mol. The van der Waals surface area contributed by atoms with Crippen LogP contribution in [0.15, 0.2) is 0 Å². The molecule has 17 unspecified atom stereocenters. The molecule has 26 nitrogen and oxygen atoms in total. The smallest absolute Gasteiger partial charge is 0.366 e. The molecule has 406 valence electrons. The minimum absolute atomic E-state index is 0.124. The van der Waals surface area contributed by atoms with Crippen LogP contribution in [0.1, 0.15) is 111 Å². The molecule has 0 bridgehead atoms. The number of aliphatic hydroxyl groups is 9. The van der Waals surface area contributed by atoms with Crippen LogP contribution in [-0.4, -0.2) is 222 Å².